The molecule has 0 saturated heterocycles. The zero-order valence-electron chi connectivity index (χ0n) is 9.22. The average Bonchev–Trinajstić information content (AvgIpc) is 2.96. The van der Waals surface area contributed by atoms with E-state index in [2.05, 4.69) is 14.8 Å². The second kappa shape index (κ2) is 4.86. The van der Waals surface area contributed by atoms with Crippen LogP contribution in [0.4, 0.5) is 0 Å². The molecule has 2 rings (SSSR count). The van der Waals surface area contributed by atoms with Crippen LogP contribution in [0, 0.1) is 5.92 Å². The van der Waals surface area contributed by atoms with Gasteiger partial charge < -0.3 is 9.67 Å². The number of carboxylic acids is 1. The largest absolute Gasteiger partial charge is 0.481 e. The number of nitrogens with zero attached hydrogens (tertiary/aromatic N) is 3. The molecular formula is C10H15N3O2S. The quantitative estimate of drug-likeness (QED) is 0.763. The predicted octanol–water partition coefficient (Wildman–Crippen LogP) is 1.43. The highest BCUT2D eigenvalue weighted by atomic mass is 32.2. The molecule has 1 aromatic heterocycles. The van der Waals surface area contributed by atoms with Crippen molar-refractivity contribution >= 4 is 17.7 Å². The molecular weight excluding hydrogens is 226 g/mol. The minimum atomic E-state index is -0.816. The highest BCUT2D eigenvalue weighted by Crippen LogP contribution is 2.32. The fourth-order valence-electron chi connectivity index (χ4n) is 1.56. The van der Waals surface area contributed by atoms with E-state index < -0.39 is 5.97 Å². The molecule has 0 amide bonds. The van der Waals surface area contributed by atoms with Crippen molar-refractivity contribution in [2.75, 3.05) is 5.75 Å². The number of thioether (sulfide) groups is 1. The van der Waals surface area contributed by atoms with Crippen molar-refractivity contribution in [2.45, 2.75) is 37.9 Å². The van der Waals surface area contributed by atoms with E-state index in [9.17, 15) is 4.79 Å². The molecule has 1 aliphatic rings. The van der Waals surface area contributed by atoms with Gasteiger partial charge in [-0.15, -0.1) is 10.2 Å². The SMILES string of the molecule is CCc1nnc(SCC(=O)O)n1CC1CC1. The number of carboxylic acid groups (broad SMARTS) is 1. The van der Waals surface area contributed by atoms with Crippen LogP contribution in [0.15, 0.2) is 5.16 Å². The first-order valence-electron chi connectivity index (χ1n) is 5.47. The van der Waals surface area contributed by atoms with E-state index in [1.807, 2.05) is 6.92 Å². The van der Waals surface area contributed by atoms with Gasteiger partial charge in [-0.3, -0.25) is 4.79 Å². The van der Waals surface area contributed by atoms with Gasteiger partial charge in [0.1, 0.15) is 5.82 Å². The first kappa shape index (κ1) is 11.4. The molecule has 1 fully saturated rings. The molecule has 0 radical (unpaired) electrons. The summed E-state index contributed by atoms with van der Waals surface area (Å²) < 4.78 is 2.07. The number of aliphatic carboxylic acids is 1. The number of aromatic nitrogens is 3. The smallest absolute Gasteiger partial charge is 0.313 e. The van der Waals surface area contributed by atoms with E-state index in [1.165, 1.54) is 24.6 Å². The molecule has 0 aliphatic heterocycles. The van der Waals surface area contributed by atoms with E-state index in [4.69, 9.17) is 5.11 Å². The molecule has 16 heavy (non-hydrogen) atoms. The minimum absolute atomic E-state index is 0.0481. The average molecular weight is 241 g/mol. The van der Waals surface area contributed by atoms with Gasteiger partial charge in [-0.05, 0) is 18.8 Å². The van der Waals surface area contributed by atoms with Gasteiger partial charge in [0.25, 0.3) is 0 Å². The van der Waals surface area contributed by atoms with Crippen LogP contribution in [-0.2, 0) is 17.8 Å². The standard InChI is InChI=1S/C10H15N3O2S/c1-2-8-11-12-10(16-6-9(14)15)13(8)5-7-3-4-7/h7H,2-6H2,1H3,(H,14,15). The second-order valence-corrected chi connectivity index (χ2v) is 4.93. The van der Waals surface area contributed by atoms with Crippen LogP contribution in [0.3, 0.4) is 0 Å². The van der Waals surface area contributed by atoms with Crippen molar-refractivity contribution in [2.24, 2.45) is 5.92 Å². The Morgan fingerprint density at radius 1 is 1.56 bits per heavy atom. The van der Waals surface area contributed by atoms with Gasteiger partial charge in [0.2, 0.25) is 0 Å². The highest BCUT2D eigenvalue weighted by molar-refractivity contribution is 7.99. The summed E-state index contributed by atoms with van der Waals surface area (Å²) in [6.45, 7) is 2.98. The van der Waals surface area contributed by atoms with Crippen LogP contribution in [0.2, 0.25) is 0 Å². The van der Waals surface area contributed by atoms with Gasteiger partial charge in [-0.2, -0.15) is 0 Å². The summed E-state index contributed by atoms with van der Waals surface area (Å²) in [5, 5.41) is 17.5. The van der Waals surface area contributed by atoms with E-state index in [0.717, 1.165) is 29.9 Å². The Kier molecular flexibility index (Phi) is 3.48. The molecule has 1 saturated carbocycles. The third kappa shape index (κ3) is 2.75. The summed E-state index contributed by atoms with van der Waals surface area (Å²) in [5.41, 5.74) is 0. The zero-order valence-corrected chi connectivity index (χ0v) is 10.0. The number of rotatable bonds is 6. The highest BCUT2D eigenvalue weighted by Gasteiger charge is 2.24. The summed E-state index contributed by atoms with van der Waals surface area (Å²) in [5.74, 6) is 0.932. The number of carbonyl (C=O) groups is 1. The first-order valence-corrected chi connectivity index (χ1v) is 6.46. The lowest BCUT2D eigenvalue weighted by Gasteiger charge is -2.07. The maximum atomic E-state index is 10.5. The zero-order chi connectivity index (χ0) is 11.5. The van der Waals surface area contributed by atoms with Gasteiger partial charge in [0.05, 0.1) is 5.75 Å². The predicted molar refractivity (Wildman–Crippen MR) is 60.5 cm³/mol. The lowest BCUT2D eigenvalue weighted by Crippen LogP contribution is -2.07. The van der Waals surface area contributed by atoms with Crippen LogP contribution in [-0.4, -0.2) is 31.6 Å². The number of hydrogen-bond donors (Lipinski definition) is 1. The molecule has 1 N–H and O–H groups in total. The number of hydrogen-bond acceptors (Lipinski definition) is 4. The van der Waals surface area contributed by atoms with Gasteiger partial charge in [-0.25, -0.2) is 0 Å². The second-order valence-electron chi connectivity index (χ2n) is 3.99. The van der Waals surface area contributed by atoms with Crippen LogP contribution >= 0.6 is 11.8 Å². The molecule has 1 aliphatic carbocycles. The molecule has 0 aromatic carbocycles. The normalized spacial score (nSPS) is 15.3. The summed E-state index contributed by atoms with van der Waals surface area (Å²) in [7, 11) is 0. The van der Waals surface area contributed by atoms with Gasteiger partial charge in [0.15, 0.2) is 5.16 Å². The summed E-state index contributed by atoms with van der Waals surface area (Å²) >= 11 is 1.25. The van der Waals surface area contributed by atoms with Crippen molar-refractivity contribution in [3.8, 4) is 0 Å². The van der Waals surface area contributed by atoms with Gasteiger partial charge in [-0.1, -0.05) is 18.7 Å². The van der Waals surface area contributed by atoms with Crippen LogP contribution in [0.5, 0.6) is 0 Å². The summed E-state index contributed by atoms with van der Waals surface area (Å²) in [6, 6.07) is 0. The Morgan fingerprint density at radius 2 is 2.31 bits per heavy atom. The third-order valence-corrected chi connectivity index (χ3v) is 3.52. The van der Waals surface area contributed by atoms with Gasteiger partial charge in [0, 0.05) is 13.0 Å². The Balaban J connectivity index is 2.08. The molecule has 5 nitrogen and oxygen atoms in total. The topological polar surface area (TPSA) is 68.0 Å². The Bertz CT molecular complexity index is 387. The fraction of sp³-hybridized carbons (Fsp3) is 0.700. The van der Waals surface area contributed by atoms with Crippen LogP contribution in [0.25, 0.3) is 0 Å². The molecule has 0 unspecified atom stereocenters. The maximum Gasteiger partial charge on any atom is 0.313 e. The first-order chi connectivity index (χ1) is 7.70. The summed E-state index contributed by atoms with van der Waals surface area (Å²) in [6.07, 6.45) is 3.38. The molecule has 88 valence electrons. The fourth-order valence-corrected chi connectivity index (χ4v) is 2.24. The van der Waals surface area contributed by atoms with Crippen molar-refractivity contribution < 1.29 is 9.90 Å². The Labute approximate surface area is 98.3 Å². The van der Waals surface area contributed by atoms with Crippen molar-refractivity contribution in [3.63, 3.8) is 0 Å². The Hall–Kier alpha value is -1.04. The Morgan fingerprint density at radius 3 is 2.88 bits per heavy atom. The number of aryl methyl sites for hydroxylation is 1. The van der Waals surface area contributed by atoms with Crippen molar-refractivity contribution in [1.29, 1.82) is 0 Å². The molecule has 0 bridgehead atoms. The monoisotopic (exact) mass is 241 g/mol. The van der Waals surface area contributed by atoms with Crippen LogP contribution in [0.1, 0.15) is 25.6 Å². The van der Waals surface area contributed by atoms with Crippen molar-refractivity contribution in [3.05, 3.63) is 5.82 Å². The van der Waals surface area contributed by atoms with E-state index in [0.29, 0.717) is 0 Å². The van der Waals surface area contributed by atoms with Crippen molar-refractivity contribution in [1.82, 2.24) is 14.8 Å². The van der Waals surface area contributed by atoms with Crippen LogP contribution < -0.4 is 0 Å². The van der Waals surface area contributed by atoms with Gasteiger partial charge >= 0.3 is 5.97 Å². The van der Waals surface area contributed by atoms with E-state index in [1.54, 1.807) is 0 Å². The molecule has 0 spiro atoms. The molecule has 6 heteroatoms. The summed E-state index contributed by atoms with van der Waals surface area (Å²) in [4.78, 5) is 10.5. The lowest BCUT2D eigenvalue weighted by atomic mass is 10.4. The molecule has 1 aromatic rings. The lowest BCUT2D eigenvalue weighted by molar-refractivity contribution is -0.133. The molecule has 1 heterocycles. The minimum Gasteiger partial charge on any atom is -0.481 e. The maximum absolute atomic E-state index is 10.5. The molecule has 0 atom stereocenters. The third-order valence-electron chi connectivity index (χ3n) is 2.57. The van der Waals surface area contributed by atoms with E-state index >= 15 is 0 Å². The van der Waals surface area contributed by atoms with E-state index in [-0.39, 0.29) is 5.75 Å².